The maximum Gasteiger partial charge on any atom is 0.256 e. The van der Waals surface area contributed by atoms with Crippen LogP contribution >= 0.6 is 11.3 Å². The van der Waals surface area contributed by atoms with Crippen LogP contribution < -0.4 is 10.1 Å². The molecule has 8 nitrogen and oxygen atoms in total. The number of hydrogen-bond acceptors (Lipinski definition) is 7. The average molecular weight is 483 g/mol. The number of aromatic nitrogens is 3. The van der Waals surface area contributed by atoms with Crippen LogP contribution in [0.1, 0.15) is 28.5 Å². The van der Waals surface area contributed by atoms with Crippen molar-refractivity contribution in [3.8, 4) is 16.3 Å². The molecular formula is C23H22N4O4S2. The minimum atomic E-state index is -3.11. The van der Waals surface area contributed by atoms with Crippen molar-refractivity contribution in [1.82, 2.24) is 14.8 Å². The summed E-state index contributed by atoms with van der Waals surface area (Å²) in [6, 6.07) is 12.4. The molecule has 1 amide bonds. The molecule has 4 heterocycles. The summed E-state index contributed by atoms with van der Waals surface area (Å²) in [5, 5.41) is 10.1. The molecule has 33 heavy (non-hydrogen) atoms. The lowest BCUT2D eigenvalue weighted by Crippen LogP contribution is -2.15. The Hall–Kier alpha value is -3.24. The Morgan fingerprint density at radius 3 is 2.67 bits per heavy atom. The number of ether oxygens (including phenoxy) is 1. The Kier molecular flexibility index (Phi) is 5.41. The van der Waals surface area contributed by atoms with Crippen molar-refractivity contribution in [2.75, 3.05) is 23.9 Å². The summed E-state index contributed by atoms with van der Waals surface area (Å²) in [6.45, 7) is 1.82. The van der Waals surface area contributed by atoms with Gasteiger partial charge in [-0.1, -0.05) is 6.07 Å². The van der Waals surface area contributed by atoms with Crippen molar-refractivity contribution in [2.45, 2.75) is 19.4 Å². The van der Waals surface area contributed by atoms with Gasteiger partial charge in [-0.05, 0) is 55.1 Å². The van der Waals surface area contributed by atoms with E-state index in [4.69, 9.17) is 9.72 Å². The molecule has 10 heteroatoms. The number of carbonyl (C=O) groups is 1. The fraction of sp³-hybridized carbons (Fsp3) is 0.261. The number of fused-ring (bicyclic) bond motifs is 1. The first-order valence-electron chi connectivity index (χ1n) is 10.4. The molecule has 170 valence electrons. The van der Waals surface area contributed by atoms with Crippen LogP contribution in [0.15, 0.2) is 47.8 Å². The Labute approximate surface area is 195 Å². The Morgan fingerprint density at radius 2 is 2.03 bits per heavy atom. The van der Waals surface area contributed by atoms with Crippen LogP contribution in [0.4, 0.5) is 5.69 Å². The number of sulfone groups is 1. The topological polar surface area (TPSA) is 103 Å². The lowest BCUT2D eigenvalue weighted by atomic mass is 10.1. The number of hydrogen-bond donors (Lipinski definition) is 1. The molecule has 0 spiro atoms. The third-order valence-corrected chi connectivity index (χ3v) is 8.40. The van der Waals surface area contributed by atoms with Gasteiger partial charge in [0.15, 0.2) is 15.5 Å². The fourth-order valence-corrected chi connectivity index (χ4v) is 6.52. The van der Waals surface area contributed by atoms with Crippen LogP contribution in [-0.4, -0.2) is 47.7 Å². The highest BCUT2D eigenvalue weighted by atomic mass is 32.2. The summed E-state index contributed by atoms with van der Waals surface area (Å²) in [7, 11) is -1.52. The monoisotopic (exact) mass is 482 g/mol. The summed E-state index contributed by atoms with van der Waals surface area (Å²) in [6.07, 6.45) is 0.483. The number of nitrogens with one attached hydrogen (secondary N) is 1. The predicted octanol–water partition coefficient (Wildman–Crippen LogP) is 4.09. The summed E-state index contributed by atoms with van der Waals surface area (Å²) in [5.41, 5.74) is 2.90. The van der Waals surface area contributed by atoms with Gasteiger partial charge in [0.2, 0.25) is 0 Å². The summed E-state index contributed by atoms with van der Waals surface area (Å²) in [4.78, 5) is 19.1. The van der Waals surface area contributed by atoms with Crippen molar-refractivity contribution >= 4 is 43.8 Å². The second-order valence-corrected chi connectivity index (χ2v) is 11.2. The number of methoxy groups -OCH3 is 1. The Morgan fingerprint density at radius 1 is 1.24 bits per heavy atom. The largest absolute Gasteiger partial charge is 0.497 e. The number of pyridine rings is 1. The van der Waals surface area contributed by atoms with E-state index in [1.54, 1.807) is 42.1 Å². The fourth-order valence-electron chi connectivity index (χ4n) is 4.14. The van der Waals surface area contributed by atoms with Crippen molar-refractivity contribution in [3.63, 3.8) is 0 Å². The van der Waals surface area contributed by atoms with E-state index in [0.717, 1.165) is 4.88 Å². The molecule has 1 fully saturated rings. The van der Waals surface area contributed by atoms with Crippen LogP contribution in [0.2, 0.25) is 0 Å². The van der Waals surface area contributed by atoms with Crippen LogP contribution in [0, 0.1) is 6.92 Å². The van der Waals surface area contributed by atoms with Gasteiger partial charge < -0.3 is 10.1 Å². The number of aryl methyl sites for hydroxylation is 1. The van der Waals surface area contributed by atoms with Gasteiger partial charge in [-0.25, -0.2) is 18.1 Å². The zero-order chi connectivity index (χ0) is 23.2. The number of rotatable bonds is 5. The van der Waals surface area contributed by atoms with Gasteiger partial charge in [0.1, 0.15) is 5.75 Å². The van der Waals surface area contributed by atoms with Crippen molar-refractivity contribution in [2.24, 2.45) is 0 Å². The van der Waals surface area contributed by atoms with Gasteiger partial charge in [0.05, 0.1) is 51.9 Å². The lowest BCUT2D eigenvalue weighted by Gasteiger charge is -2.12. The molecule has 0 radical (unpaired) electrons. The minimum absolute atomic E-state index is 0.0293. The molecule has 1 N–H and O–H groups in total. The number of benzene rings is 1. The summed E-state index contributed by atoms with van der Waals surface area (Å²) >= 11 is 1.52. The van der Waals surface area contributed by atoms with Gasteiger partial charge in [0.25, 0.3) is 5.91 Å². The van der Waals surface area contributed by atoms with Crippen molar-refractivity contribution in [3.05, 3.63) is 59.1 Å². The molecular weight excluding hydrogens is 460 g/mol. The van der Waals surface area contributed by atoms with Crippen molar-refractivity contribution in [1.29, 1.82) is 0 Å². The number of anilines is 1. The highest BCUT2D eigenvalue weighted by Gasteiger charge is 2.32. The average Bonchev–Trinajstić information content (AvgIpc) is 3.53. The van der Waals surface area contributed by atoms with Crippen LogP contribution in [0.3, 0.4) is 0 Å². The normalized spacial score (nSPS) is 17.3. The van der Waals surface area contributed by atoms with E-state index in [1.165, 1.54) is 11.3 Å². The number of thiophene rings is 1. The molecule has 1 aromatic carbocycles. The third-order valence-electron chi connectivity index (χ3n) is 5.76. The Balaban J connectivity index is 1.63. The molecule has 1 atom stereocenters. The first-order valence-corrected chi connectivity index (χ1v) is 13.1. The van der Waals surface area contributed by atoms with E-state index in [-0.39, 0.29) is 23.5 Å². The van der Waals surface area contributed by atoms with E-state index in [1.807, 2.05) is 24.4 Å². The quantitative estimate of drug-likeness (QED) is 0.460. The van der Waals surface area contributed by atoms with Gasteiger partial charge in [-0.15, -0.1) is 11.3 Å². The highest BCUT2D eigenvalue weighted by molar-refractivity contribution is 7.91. The molecule has 0 saturated carbocycles. The van der Waals surface area contributed by atoms with E-state index in [2.05, 4.69) is 10.4 Å². The molecule has 5 rings (SSSR count). The van der Waals surface area contributed by atoms with Crippen LogP contribution in [0.25, 0.3) is 21.6 Å². The minimum Gasteiger partial charge on any atom is -0.497 e. The summed E-state index contributed by atoms with van der Waals surface area (Å²) < 4.78 is 31.1. The first-order chi connectivity index (χ1) is 15.8. The smallest absolute Gasteiger partial charge is 0.256 e. The molecule has 3 aromatic heterocycles. The molecule has 0 unspecified atom stereocenters. The standard InChI is InChI=1S/C23H22N4O4S2/c1-14-21-18(23(28)24-15-5-7-17(31-2)8-6-15)12-19(20-4-3-10-32-20)25-22(21)27(26-14)16-9-11-33(29,30)13-16/h3-8,10,12,16H,9,11,13H2,1-2H3,(H,24,28)/t16-/m0/s1. The van der Waals surface area contributed by atoms with E-state index >= 15 is 0 Å². The number of amides is 1. The van der Waals surface area contributed by atoms with E-state index < -0.39 is 9.84 Å². The second kappa shape index (κ2) is 8.27. The van der Waals surface area contributed by atoms with Gasteiger partial charge in [-0.2, -0.15) is 5.10 Å². The molecule has 4 aromatic rings. The molecule has 1 aliphatic rings. The van der Waals surface area contributed by atoms with E-state index in [0.29, 0.717) is 45.8 Å². The SMILES string of the molecule is COc1ccc(NC(=O)c2cc(-c3cccs3)nc3c2c(C)nn3[C@H]2CCS(=O)(=O)C2)cc1. The zero-order valence-electron chi connectivity index (χ0n) is 18.1. The molecule has 1 aliphatic heterocycles. The second-order valence-electron chi connectivity index (χ2n) is 8.00. The lowest BCUT2D eigenvalue weighted by molar-refractivity contribution is 0.102. The summed E-state index contributed by atoms with van der Waals surface area (Å²) in [5.74, 6) is 0.574. The van der Waals surface area contributed by atoms with Crippen LogP contribution in [0.5, 0.6) is 5.75 Å². The van der Waals surface area contributed by atoms with E-state index in [9.17, 15) is 13.2 Å². The molecule has 1 saturated heterocycles. The van der Waals surface area contributed by atoms with Gasteiger partial charge >= 0.3 is 0 Å². The zero-order valence-corrected chi connectivity index (χ0v) is 19.7. The van der Waals surface area contributed by atoms with Crippen molar-refractivity contribution < 1.29 is 17.9 Å². The maximum atomic E-state index is 13.4. The van der Waals surface area contributed by atoms with Gasteiger partial charge in [-0.3, -0.25) is 4.79 Å². The third kappa shape index (κ3) is 4.11. The Bertz CT molecular complexity index is 1440. The number of nitrogens with zero attached hydrogens (tertiary/aromatic N) is 3. The van der Waals surface area contributed by atoms with Gasteiger partial charge in [0, 0.05) is 5.69 Å². The predicted molar refractivity (Wildman–Crippen MR) is 129 cm³/mol. The number of carbonyl (C=O) groups excluding carboxylic acids is 1. The maximum absolute atomic E-state index is 13.4. The highest BCUT2D eigenvalue weighted by Crippen LogP contribution is 2.33. The molecule has 0 aliphatic carbocycles. The molecule has 0 bridgehead atoms. The first kappa shape index (κ1) is 21.6. The van der Waals surface area contributed by atoms with Crippen LogP contribution in [-0.2, 0) is 9.84 Å².